The van der Waals surface area contributed by atoms with Gasteiger partial charge in [0.2, 0.25) is 5.91 Å². The van der Waals surface area contributed by atoms with Gasteiger partial charge in [0.15, 0.2) is 0 Å². The second kappa shape index (κ2) is 3.01. The van der Waals surface area contributed by atoms with E-state index in [-0.39, 0.29) is 11.9 Å². The Labute approximate surface area is 61.4 Å². The molecule has 0 aliphatic carbocycles. The quantitative estimate of drug-likeness (QED) is 0.550. The molecule has 0 spiro atoms. The Hall–Kier alpha value is -0.570. The van der Waals surface area contributed by atoms with Gasteiger partial charge in [-0.25, -0.2) is 0 Å². The summed E-state index contributed by atoms with van der Waals surface area (Å²) in [7, 11) is 7.16. The minimum absolute atomic E-state index is 0.0278. The van der Waals surface area contributed by atoms with Gasteiger partial charge in [-0.1, -0.05) is 0 Å². The summed E-state index contributed by atoms with van der Waals surface area (Å²) in [5, 5.41) is 2.58. The van der Waals surface area contributed by atoms with Crippen molar-refractivity contribution in [2.45, 2.75) is 18.9 Å². The zero-order chi connectivity index (χ0) is 7.56. The van der Waals surface area contributed by atoms with E-state index in [1.54, 1.807) is 11.9 Å². The largest absolute Gasteiger partial charge is 0.358 e. The molecule has 10 heavy (non-hydrogen) atoms. The number of likely N-dealkylation sites (N-methyl/N-ethyl adjacent to an activating group) is 1. The number of nitrogens with zero attached hydrogens (tertiary/aromatic N) is 1. The summed E-state index contributed by atoms with van der Waals surface area (Å²) in [6.07, 6.45) is 1.91. The lowest BCUT2D eigenvalue weighted by Gasteiger charge is -2.16. The lowest BCUT2D eigenvalue weighted by Crippen LogP contribution is -2.38. The minimum Gasteiger partial charge on any atom is -0.358 e. The molecule has 1 amide bonds. The fourth-order valence-electron chi connectivity index (χ4n) is 1.24. The summed E-state index contributed by atoms with van der Waals surface area (Å²) in [6, 6.07) is -0.0926. The number of hydrogen-bond acceptors (Lipinski definition) is 2. The highest BCUT2D eigenvalue weighted by Crippen LogP contribution is 2.14. The Bertz CT molecular complexity index is 136. The molecular weight excluding hydrogens is 128 g/mol. The van der Waals surface area contributed by atoms with Crippen molar-refractivity contribution in [3.8, 4) is 0 Å². The van der Waals surface area contributed by atoms with Crippen LogP contribution in [0.5, 0.6) is 0 Å². The molecule has 3 nitrogen and oxygen atoms in total. The molecular formula is C7H12N2O. The molecule has 56 valence electrons. The van der Waals surface area contributed by atoms with Crippen LogP contribution in [0.4, 0.5) is 0 Å². The summed E-state index contributed by atoms with van der Waals surface area (Å²) in [4.78, 5) is 12.6. The molecule has 1 atom stereocenters. The lowest BCUT2D eigenvalue weighted by molar-refractivity contribution is -0.124. The second-order valence-electron chi connectivity index (χ2n) is 2.51. The molecule has 0 bridgehead atoms. The van der Waals surface area contributed by atoms with E-state index in [1.165, 1.54) is 0 Å². The normalized spacial score (nSPS) is 26.8. The molecule has 0 saturated carbocycles. The van der Waals surface area contributed by atoms with E-state index < -0.39 is 0 Å². The minimum atomic E-state index is -0.0926. The van der Waals surface area contributed by atoms with Crippen molar-refractivity contribution >= 4 is 5.91 Å². The number of carbonyl (C=O) groups excluding carboxylic acids is 1. The van der Waals surface area contributed by atoms with Crippen LogP contribution < -0.4 is 5.32 Å². The van der Waals surface area contributed by atoms with Crippen molar-refractivity contribution in [1.82, 2.24) is 10.2 Å². The Morgan fingerprint density at radius 2 is 2.50 bits per heavy atom. The van der Waals surface area contributed by atoms with Crippen LogP contribution in [0.1, 0.15) is 12.8 Å². The van der Waals surface area contributed by atoms with E-state index in [0.29, 0.717) is 0 Å². The highest BCUT2D eigenvalue weighted by atomic mass is 16.2. The summed E-state index contributed by atoms with van der Waals surface area (Å²) >= 11 is 0. The van der Waals surface area contributed by atoms with Crippen LogP contribution in [0, 0.1) is 7.05 Å². The van der Waals surface area contributed by atoms with Crippen LogP contribution in [0.2, 0.25) is 0 Å². The maximum absolute atomic E-state index is 11.0. The molecule has 0 aromatic rings. The number of nitrogens with one attached hydrogen (secondary N) is 1. The third-order valence-corrected chi connectivity index (χ3v) is 1.84. The second-order valence-corrected chi connectivity index (χ2v) is 2.51. The topological polar surface area (TPSA) is 32.3 Å². The van der Waals surface area contributed by atoms with Gasteiger partial charge in [-0.2, -0.15) is 0 Å². The molecule has 2 radical (unpaired) electrons. The van der Waals surface area contributed by atoms with Gasteiger partial charge < -0.3 is 5.32 Å². The third kappa shape index (κ3) is 1.29. The van der Waals surface area contributed by atoms with E-state index in [1.807, 2.05) is 0 Å². The molecule has 0 aromatic heterocycles. The first kappa shape index (κ1) is 7.54. The first-order valence-corrected chi connectivity index (χ1v) is 3.48. The molecule has 1 saturated heterocycles. The Morgan fingerprint density at radius 3 is 2.90 bits per heavy atom. The predicted octanol–water partition coefficient (Wildman–Crippen LogP) is -0.135. The first-order valence-electron chi connectivity index (χ1n) is 3.48. The summed E-state index contributed by atoms with van der Waals surface area (Å²) in [6.45, 7) is 0.831. The predicted molar refractivity (Wildman–Crippen MR) is 38.1 cm³/mol. The van der Waals surface area contributed by atoms with E-state index >= 15 is 0 Å². The number of amides is 1. The van der Waals surface area contributed by atoms with Gasteiger partial charge in [-0.15, -0.1) is 0 Å². The standard InChI is InChI=1S/C7H12N2O/c1-8-7(10)6-4-3-5-9(6)2/h2,6H,3-5H2,1H3,(H,8,10)/t6-/m1/s1. The van der Waals surface area contributed by atoms with E-state index in [2.05, 4.69) is 5.32 Å². The van der Waals surface area contributed by atoms with Gasteiger partial charge in [-0.05, 0) is 19.4 Å². The number of hydrogen-bond donors (Lipinski definition) is 1. The van der Waals surface area contributed by atoms with Crippen molar-refractivity contribution in [3.05, 3.63) is 7.05 Å². The Morgan fingerprint density at radius 1 is 1.80 bits per heavy atom. The third-order valence-electron chi connectivity index (χ3n) is 1.84. The van der Waals surface area contributed by atoms with Gasteiger partial charge in [0, 0.05) is 14.1 Å². The van der Waals surface area contributed by atoms with Crippen LogP contribution in [0.3, 0.4) is 0 Å². The van der Waals surface area contributed by atoms with Crippen LogP contribution in [0.15, 0.2) is 0 Å². The molecule has 1 N–H and O–H groups in total. The average Bonchev–Trinajstić information content (AvgIpc) is 2.34. The monoisotopic (exact) mass is 140 g/mol. The van der Waals surface area contributed by atoms with Gasteiger partial charge in [0.25, 0.3) is 0 Å². The van der Waals surface area contributed by atoms with Crippen LogP contribution in [-0.4, -0.2) is 30.4 Å². The van der Waals surface area contributed by atoms with Crippen molar-refractivity contribution in [2.24, 2.45) is 0 Å². The molecule has 1 fully saturated rings. The van der Waals surface area contributed by atoms with Crippen molar-refractivity contribution in [2.75, 3.05) is 13.6 Å². The van der Waals surface area contributed by atoms with Gasteiger partial charge in [-0.3, -0.25) is 9.69 Å². The molecule has 1 heterocycles. The number of rotatable bonds is 1. The van der Waals surface area contributed by atoms with Crippen molar-refractivity contribution in [3.63, 3.8) is 0 Å². The van der Waals surface area contributed by atoms with Crippen LogP contribution in [-0.2, 0) is 4.79 Å². The average molecular weight is 140 g/mol. The molecule has 3 heteroatoms. The van der Waals surface area contributed by atoms with Crippen LogP contribution >= 0.6 is 0 Å². The fraction of sp³-hybridized carbons (Fsp3) is 0.714. The number of likely N-dealkylation sites (tertiary alicyclic amines) is 1. The highest BCUT2D eigenvalue weighted by molar-refractivity contribution is 5.81. The van der Waals surface area contributed by atoms with Gasteiger partial charge >= 0.3 is 0 Å². The Balaban J connectivity index is 2.46. The number of carbonyl (C=O) groups is 1. The lowest BCUT2D eigenvalue weighted by atomic mass is 10.2. The van der Waals surface area contributed by atoms with E-state index in [9.17, 15) is 4.79 Å². The molecule has 1 rings (SSSR count). The summed E-state index contributed by atoms with van der Waals surface area (Å²) in [5.74, 6) is 0.0278. The smallest absolute Gasteiger partial charge is 0.237 e. The van der Waals surface area contributed by atoms with Crippen molar-refractivity contribution < 1.29 is 4.79 Å². The van der Waals surface area contributed by atoms with Gasteiger partial charge in [0.05, 0.1) is 6.04 Å². The zero-order valence-electron chi connectivity index (χ0n) is 6.13. The highest BCUT2D eigenvalue weighted by Gasteiger charge is 2.26. The maximum atomic E-state index is 11.0. The van der Waals surface area contributed by atoms with Crippen LogP contribution in [0.25, 0.3) is 0 Å². The van der Waals surface area contributed by atoms with E-state index in [0.717, 1.165) is 19.4 Å². The Kier molecular flexibility index (Phi) is 2.27. The van der Waals surface area contributed by atoms with Gasteiger partial charge in [0.1, 0.15) is 0 Å². The van der Waals surface area contributed by atoms with E-state index in [4.69, 9.17) is 7.05 Å². The fourth-order valence-corrected chi connectivity index (χ4v) is 1.24. The molecule has 0 unspecified atom stereocenters. The molecule has 0 aromatic carbocycles. The first-order chi connectivity index (χ1) is 4.75. The molecule has 1 aliphatic heterocycles. The zero-order valence-corrected chi connectivity index (χ0v) is 6.13. The SMILES string of the molecule is [CH]N1CCC[C@@H]1C(=O)NC. The van der Waals surface area contributed by atoms with Crippen molar-refractivity contribution in [1.29, 1.82) is 0 Å². The molecule has 1 aliphatic rings. The summed E-state index contributed by atoms with van der Waals surface area (Å²) < 4.78 is 0. The maximum Gasteiger partial charge on any atom is 0.237 e. The summed E-state index contributed by atoms with van der Waals surface area (Å²) in [5.41, 5.74) is 0.